The molecule has 0 aliphatic rings. The smallest absolute Gasteiger partial charge is 0.0142 e. The minimum absolute atomic E-state index is 1.21. The van der Waals surface area contributed by atoms with Gasteiger partial charge in [-0.15, -0.1) is 0 Å². The lowest BCUT2D eigenvalue weighted by atomic mass is 10.2. The highest BCUT2D eigenvalue weighted by molar-refractivity contribution is 7.99. The second-order valence-corrected chi connectivity index (χ2v) is 3.69. The van der Waals surface area contributed by atoms with E-state index in [-0.39, 0.29) is 0 Å². The van der Waals surface area contributed by atoms with Crippen molar-refractivity contribution in [2.45, 2.75) is 27.7 Å². The summed E-state index contributed by atoms with van der Waals surface area (Å²) in [7, 11) is 0. The van der Waals surface area contributed by atoms with Crippen LogP contribution in [0.3, 0.4) is 0 Å². The molecule has 0 aromatic heterocycles. The summed E-state index contributed by atoms with van der Waals surface area (Å²) < 4.78 is 0. The normalized spacial score (nSPS) is 9.33. The maximum atomic E-state index is 2.21. The summed E-state index contributed by atoms with van der Waals surface area (Å²) in [5.41, 5.74) is 3.00. The molecule has 0 heterocycles. The zero-order valence-electron chi connectivity index (χ0n) is 6.82. The molecule has 0 fully saturated rings. The Morgan fingerprint density at radius 2 is 1.78 bits per heavy atom. The third kappa shape index (κ3) is 4.58. The quantitative estimate of drug-likeness (QED) is 0.548. The second kappa shape index (κ2) is 4.92. The molecule has 0 spiro atoms. The highest BCUT2D eigenvalue weighted by atomic mass is 32.2. The Morgan fingerprint density at radius 3 is 2.11 bits per heavy atom. The van der Waals surface area contributed by atoms with Crippen molar-refractivity contribution in [3.63, 3.8) is 0 Å². The largest absolute Gasteiger partial charge is 0.158 e. The molecule has 0 aliphatic heterocycles. The molecular formula is C8H16S. The highest BCUT2D eigenvalue weighted by Gasteiger charge is 1.89. The van der Waals surface area contributed by atoms with E-state index in [4.69, 9.17) is 0 Å². The molecule has 0 bridgehead atoms. The minimum Gasteiger partial charge on any atom is -0.158 e. The SMILES string of the molecule is CCSCC(C)=C(C)C. The van der Waals surface area contributed by atoms with Gasteiger partial charge in [-0.1, -0.05) is 18.1 Å². The molecule has 0 aromatic carbocycles. The maximum Gasteiger partial charge on any atom is 0.0142 e. The number of thioether (sulfide) groups is 1. The summed E-state index contributed by atoms with van der Waals surface area (Å²) in [5, 5.41) is 0. The van der Waals surface area contributed by atoms with E-state index in [1.165, 1.54) is 22.7 Å². The molecule has 0 aromatic rings. The minimum atomic E-state index is 1.21. The van der Waals surface area contributed by atoms with Crippen molar-refractivity contribution in [3.05, 3.63) is 11.1 Å². The van der Waals surface area contributed by atoms with E-state index in [0.29, 0.717) is 0 Å². The first-order valence-corrected chi connectivity index (χ1v) is 4.54. The third-order valence-electron chi connectivity index (χ3n) is 1.38. The zero-order valence-corrected chi connectivity index (χ0v) is 7.64. The van der Waals surface area contributed by atoms with Crippen LogP contribution in [0.2, 0.25) is 0 Å². The lowest BCUT2D eigenvalue weighted by molar-refractivity contribution is 1.24. The van der Waals surface area contributed by atoms with Gasteiger partial charge in [-0.2, -0.15) is 11.8 Å². The van der Waals surface area contributed by atoms with Gasteiger partial charge in [0.25, 0.3) is 0 Å². The predicted octanol–water partition coefficient (Wildman–Crippen LogP) is 3.10. The highest BCUT2D eigenvalue weighted by Crippen LogP contribution is 2.09. The monoisotopic (exact) mass is 144 g/mol. The third-order valence-corrected chi connectivity index (χ3v) is 2.42. The molecule has 0 N–H and O–H groups in total. The summed E-state index contributed by atoms with van der Waals surface area (Å²) in [6.07, 6.45) is 0. The first-order valence-electron chi connectivity index (χ1n) is 3.39. The Kier molecular flexibility index (Phi) is 4.97. The molecule has 0 unspecified atom stereocenters. The van der Waals surface area contributed by atoms with Crippen molar-refractivity contribution in [2.75, 3.05) is 11.5 Å². The number of allylic oxidation sites excluding steroid dienone is 1. The van der Waals surface area contributed by atoms with Crippen LogP contribution in [0.1, 0.15) is 27.7 Å². The van der Waals surface area contributed by atoms with Gasteiger partial charge in [-0.3, -0.25) is 0 Å². The van der Waals surface area contributed by atoms with Crippen LogP contribution in [0.15, 0.2) is 11.1 Å². The van der Waals surface area contributed by atoms with E-state index < -0.39 is 0 Å². The standard InChI is InChI=1S/C8H16S/c1-5-9-6-8(4)7(2)3/h5-6H2,1-4H3. The summed E-state index contributed by atoms with van der Waals surface area (Å²) in [4.78, 5) is 0. The Balaban J connectivity index is 3.50. The Hall–Kier alpha value is 0.0900. The summed E-state index contributed by atoms with van der Waals surface area (Å²) in [6, 6.07) is 0. The first kappa shape index (κ1) is 9.09. The topological polar surface area (TPSA) is 0 Å². The van der Waals surface area contributed by atoms with Crippen LogP contribution in [0, 0.1) is 0 Å². The van der Waals surface area contributed by atoms with Gasteiger partial charge in [0.2, 0.25) is 0 Å². The van der Waals surface area contributed by atoms with Gasteiger partial charge in [0.15, 0.2) is 0 Å². The molecule has 0 saturated heterocycles. The number of hydrogen-bond acceptors (Lipinski definition) is 1. The molecule has 0 saturated carbocycles. The van der Waals surface area contributed by atoms with Crippen LogP contribution in [-0.2, 0) is 0 Å². The first-order chi connectivity index (χ1) is 4.18. The van der Waals surface area contributed by atoms with Crippen molar-refractivity contribution >= 4 is 11.8 Å². The van der Waals surface area contributed by atoms with Crippen LogP contribution in [0.5, 0.6) is 0 Å². The van der Waals surface area contributed by atoms with E-state index in [2.05, 4.69) is 27.7 Å². The summed E-state index contributed by atoms with van der Waals surface area (Å²) >= 11 is 1.99. The van der Waals surface area contributed by atoms with Gasteiger partial charge in [-0.25, -0.2) is 0 Å². The average Bonchev–Trinajstić information content (AvgIpc) is 1.82. The van der Waals surface area contributed by atoms with Crippen LogP contribution < -0.4 is 0 Å². The second-order valence-electron chi connectivity index (χ2n) is 2.42. The van der Waals surface area contributed by atoms with E-state index in [9.17, 15) is 0 Å². The van der Waals surface area contributed by atoms with Crippen molar-refractivity contribution in [1.29, 1.82) is 0 Å². The summed E-state index contributed by atoms with van der Waals surface area (Å²) in [5.74, 6) is 2.43. The Bertz CT molecular complexity index is 99.1. The maximum absolute atomic E-state index is 2.21. The van der Waals surface area contributed by atoms with Crippen molar-refractivity contribution < 1.29 is 0 Å². The average molecular weight is 144 g/mol. The van der Waals surface area contributed by atoms with E-state index >= 15 is 0 Å². The van der Waals surface area contributed by atoms with Crippen molar-refractivity contribution in [2.24, 2.45) is 0 Å². The molecule has 9 heavy (non-hydrogen) atoms. The van der Waals surface area contributed by atoms with Crippen LogP contribution in [0.4, 0.5) is 0 Å². The van der Waals surface area contributed by atoms with E-state index in [0.717, 1.165) is 0 Å². The molecule has 0 atom stereocenters. The fourth-order valence-electron chi connectivity index (χ4n) is 0.399. The molecule has 0 amide bonds. The van der Waals surface area contributed by atoms with Crippen molar-refractivity contribution in [1.82, 2.24) is 0 Å². The zero-order chi connectivity index (χ0) is 7.28. The molecule has 0 radical (unpaired) electrons. The molecule has 0 aliphatic carbocycles. The van der Waals surface area contributed by atoms with Gasteiger partial charge in [0.05, 0.1) is 0 Å². The van der Waals surface area contributed by atoms with E-state index in [1.807, 2.05) is 11.8 Å². The van der Waals surface area contributed by atoms with Crippen LogP contribution in [-0.4, -0.2) is 11.5 Å². The lowest BCUT2D eigenvalue weighted by Gasteiger charge is -2.00. The Labute approximate surface area is 62.7 Å². The lowest BCUT2D eigenvalue weighted by Crippen LogP contribution is -1.84. The van der Waals surface area contributed by atoms with Crippen LogP contribution in [0.25, 0.3) is 0 Å². The van der Waals surface area contributed by atoms with Gasteiger partial charge in [-0.05, 0) is 26.5 Å². The molecular weight excluding hydrogens is 128 g/mol. The van der Waals surface area contributed by atoms with Gasteiger partial charge < -0.3 is 0 Å². The number of hydrogen-bond donors (Lipinski definition) is 0. The van der Waals surface area contributed by atoms with Gasteiger partial charge in [0.1, 0.15) is 0 Å². The van der Waals surface area contributed by atoms with Crippen molar-refractivity contribution in [3.8, 4) is 0 Å². The van der Waals surface area contributed by atoms with E-state index in [1.54, 1.807) is 0 Å². The fourth-order valence-corrected chi connectivity index (χ4v) is 1.20. The Morgan fingerprint density at radius 1 is 1.22 bits per heavy atom. The van der Waals surface area contributed by atoms with Gasteiger partial charge in [0, 0.05) is 5.75 Å². The molecule has 1 heteroatoms. The predicted molar refractivity (Wildman–Crippen MR) is 47.0 cm³/mol. The molecule has 0 nitrogen and oxygen atoms in total. The summed E-state index contributed by atoms with van der Waals surface area (Å²) in [6.45, 7) is 8.75. The van der Waals surface area contributed by atoms with Gasteiger partial charge >= 0.3 is 0 Å². The fraction of sp³-hybridized carbons (Fsp3) is 0.750. The number of rotatable bonds is 3. The molecule has 54 valence electrons. The molecule has 0 rings (SSSR count). The van der Waals surface area contributed by atoms with Crippen LogP contribution >= 0.6 is 11.8 Å².